The van der Waals surface area contributed by atoms with Gasteiger partial charge in [0.05, 0.1) is 27.9 Å². The van der Waals surface area contributed by atoms with Crippen LogP contribution < -0.4 is 26.1 Å². The number of aliphatic hydroxyl groups excluding tert-OH is 1. The molecule has 0 saturated heterocycles. The Morgan fingerprint density at radius 1 is 1.10 bits per heavy atom. The lowest BCUT2D eigenvalue weighted by molar-refractivity contribution is -0.114. The van der Waals surface area contributed by atoms with Gasteiger partial charge in [-0.2, -0.15) is 0 Å². The molecule has 0 radical (unpaired) electrons. The van der Waals surface area contributed by atoms with Crippen LogP contribution in [0.4, 0.5) is 17.1 Å². The van der Waals surface area contributed by atoms with Gasteiger partial charge < -0.3 is 20.6 Å². The highest BCUT2D eigenvalue weighted by Crippen LogP contribution is 2.48. The summed E-state index contributed by atoms with van der Waals surface area (Å²) in [4.78, 5) is 33.7. The van der Waals surface area contributed by atoms with E-state index in [0.29, 0.717) is 33.9 Å². The first kappa shape index (κ1) is 26.7. The summed E-state index contributed by atoms with van der Waals surface area (Å²) in [6, 6.07) is 14.0. The summed E-state index contributed by atoms with van der Waals surface area (Å²) in [5.41, 5.74) is 4.04. The van der Waals surface area contributed by atoms with Gasteiger partial charge in [-0.15, -0.1) is 0 Å². The Hall–Kier alpha value is -4.13. The third-order valence-corrected chi connectivity index (χ3v) is 9.58. The molecule has 7 nitrogen and oxygen atoms in total. The summed E-state index contributed by atoms with van der Waals surface area (Å²) < 4.78 is 0. The maximum Gasteiger partial charge on any atom is 0.221 e. The summed E-state index contributed by atoms with van der Waals surface area (Å²) in [6.07, 6.45) is 3.00. The van der Waals surface area contributed by atoms with Gasteiger partial charge >= 0.3 is 0 Å². The number of ketones is 1. The van der Waals surface area contributed by atoms with E-state index < -0.39 is 5.66 Å². The molecular weight excluding hydrogens is 524 g/mol. The topological polar surface area (TPSA) is 94.0 Å². The Kier molecular flexibility index (Phi) is 5.69. The van der Waals surface area contributed by atoms with Crippen molar-refractivity contribution in [2.24, 2.45) is 16.8 Å². The van der Waals surface area contributed by atoms with E-state index in [1.165, 1.54) is 13.3 Å². The Bertz CT molecular complexity index is 1880. The SMILES string of the molecule is CC(=O)Nc1cc2c(cc1C1=C(O)/C(=c3/ccc4cccc5c4c3NC3(CC(C)CC(C)C3)N=5)C1=O)C(C)(C)CN2C. The number of amides is 1. The van der Waals surface area contributed by atoms with Crippen LogP contribution in [-0.2, 0) is 15.0 Å². The highest BCUT2D eigenvalue weighted by Gasteiger charge is 2.43. The van der Waals surface area contributed by atoms with Crippen LogP contribution in [0.5, 0.6) is 0 Å². The maximum absolute atomic E-state index is 14.1. The zero-order valence-corrected chi connectivity index (χ0v) is 25.2. The number of carbonyl (C=O) groups is 2. The molecular formula is C35H38N4O3. The number of fused-ring (bicyclic) bond motifs is 1. The molecule has 3 aromatic carbocycles. The minimum atomic E-state index is -0.444. The highest BCUT2D eigenvalue weighted by molar-refractivity contribution is 6.52. The fraction of sp³-hybridized carbons (Fsp3) is 0.400. The van der Waals surface area contributed by atoms with Gasteiger partial charge in [-0.1, -0.05) is 52.0 Å². The van der Waals surface area contributed by atoms with Gasteiger partial charge in [0.2, 0.25) is 11.7 Å². The minimum absolute atomic E-state index is 0.0347. The van der Waals surface area contributed by atoms with Crippen LogP contribution in [0.1, 0.15) is 65.0 Å². The van der Waals surface area contributed by atoms with Crippen molar-refractivity contribution in [1.82, 2.24) is 0 Å². The molecule has 2 aliphatic heterocycles. The first-order valence-corrected chi connectivity index (χ1v) is 15.0. The van der Waals surface area contributed by atoms with Gasteiger partial charge in [-0.3, -0.25) is 14.6 Å². The Labute approximate surface area is 246 Å². The Morgan fingerprint density at radius 2 is 1.83 bits per heavy atom. The van der Waals surface area contributed by atoms with Gasteiger partial charge in [-0.25, -0.2) is 0 Å². The van der Waals surface area contributed by atoms with Crippen molar-refractivity contribution in [2.45, 2.75) is 65.0 Å². The number of carbonyl (C=O) groups excluding carboxylic acids is 2. The largest absolute Gasteiger partial charge is 0.506 e. The van der Waals surface area contributed by atoms with Crippen LogP contribution in [0.15, 0.2) is 53.2 Å². The van der Waals surface area contributed by atoms with E-state index in [9.17, 15) is 14.7 Å². The van der Waals surface area contributed by atoms with E-state index in [-0.39, 0.29) is 28.4 Å². The molecule has 2 aliphatic carbocycles. The summed E-state index contributed by atoms with van der Waals surface area (Å²) in [7, 11) is 2.03. The number of benzene rings is 3. The van der Waals surface area contributed by atoms with Gasteiger partial charge in [0.1, 0.15) is 11.4 Å². The van der Waals surface area contributed by atoms with Crippen molar-refractivity contribution in [3.05, 3.63) is 69.9 Å². The van der Waals surface area contributed by atoms with Crippen LogP contribution >= 0.6 is 0 Å². The van der Waals surface area contributed by atoms with Crippen molar-refractivity contribution >= 4 is 50.7 Å². The van der Waals surface area contributed by atoms with Crippen molar-refractivity contribution in [3.63, 3.8) is 0 Å². The molecule has 1 fully saturated rings. The summed E-state index contributed by atoms with van der Waals surface area (Å²) in [5.74, 6) is 0.553. The van der Waals surface area contributed by atoms with E-state index in [4.69, 9.17) is 4.99 Å². The molecule has 3 N–H and O–H groups in total. The molecule has 7 heteroatoms. The van der Waals surface area contributed by atoms with Gasteiger partial charge in [0.15, 0.2) is 0 Å². The molecule has 1 spiro atoms. The van der Waals surface area contributed by atoms with Crippen molar-refractivity contribution < 1.29 is 14.7 Å². The number of hydrogen-bond donors (Lipinski definition) is 3. The number of nitrogens with one attached hydrogen (secondary N) is 2. The number of anilines is 3. The first-order chi connectivity index (χ1) is 19.9. The number of Topliss-reactive ketones (excluding diaryl/α,β-unsaturated/α-hetero) is 1. The molecule has 2 unspecified atom stereocenters. The van der Waals surface area contributed by atoms with Crippen molar-refractivity contribution in [3.8, 4) is 0 Å². The summed E-state index contributed by atoms with van der Waals surface area (Å²) in [5, 5.41) is 22.0. The van der Waals surface area contributed by atoms with E-state index >= 15 is 0 Å². The number of allylic oxidation sites excluding steroid dienone is 2. The predicted octanol–water partition coefficient (Wildman–Crippen LogP) is 5.43. The molecule has 0 aromatic heterocycles. The fourth-order valence-electron chi connectivity index (χ4n) is 8.18. The van der Waals surface area contributed by atoms with Crippen molar-refractivity contribution in [2.75, 3.05) is 29.1 Å². The fourth-order valence-corrected chi connectivity index (χ4v) is 8.18. The van der Waals surface area contributed by atoms with E-state index in [0.717, 1.165) is 52.5 Å². The third kappa shape index (κ3) is 3.89. The molecule has 3 aromatic rings. The standard InChI is InChI=1S/C35H38N4O3/c1-18-12-19(2)16-35(15-18)37-25-9-7-8-21-10-11-22(31(38-35)28(21)25)29-32(41)30(33(29)42)23-13-24-27(14-26(23)36-20(3)40)39(6)17-34(24,4)5/h7-11,13-14,18-19,38,41H,12,15-17H2,1-6H3,(H,36,40)/b29-22+. The maximum atomic E-state index is 14.1. The zero-order valence-electron chi connectivity index (χ0n) is 25.2. The predicted molar refractivity (Wildman–Crippen MR) is 168 cm³/mol. The molecule has 7 rings (SSSR count). The Balaban J connectivity index is 1.45. The second kappa shape index (κ2) is 8.93. The molecule has 1 amide bonds. The third-order valence-electron chi connectivity index (χ3n) is 9.58. The minimum Gasteiger partial charge on any atom is -0.506 e. The average molecular weight is 563 g/mol. The summed E-state index contributed by atoms with van der Waals surface area (Å²) >= 11 is 0. The van der Waals surface area contributed by atoms with Crippen LogP contribution in [0.2, 0.25) is 0 Å². The van der Waals surface area contributed by atoms with Crippen LogP contribution in [0, 0.1) is 11.8 Å². The highest BCUT2D eigenvalue weighted by atomic mass is 16.3. The smallest absolute Gasteiger partial charge is 0.221 e. The van der Waals surface area contributed by atoms with Crippen LogP contribution in [-0.4, -0.2) is 36.1 Å². The van der Waals surface area contributed by atoms with Crippen molar-refractivity contribution in [1.29, 1.82) is 0 Å². The quantitative estimate of drug-likeness (QED) is 0.388. The average Bonchev–Trinajstić information content (AvgIpc) is 3.11. The number of rotatable bonds is 2. The van der Waals surface area contributed by atoms with E-state index in [1.54, 1.807) is 0 Å². The molecule has 42 heavy (non-hydrogen) atoms. The van der Waals surface area contributed by atoms with Gasteiger partial charge in [-0.05, 0) is 60.2 Å². The number of hydrogen-bond acceptors (Lipinski definition) is 6. The lowest BCUT2D eigenvalue weighted by Gasteiger charge is -2.43. The normalized spacial score (nSPS) is 27.0. The zero-order chi connectivity index (χ0) is 29.7. The van der Waals surface area contributed by atoms with Gasteiger partial charge in [0.25, 0.3) is 0 Å². The monoisotopic (exact) mass is 562 g/mol. The van der Waals surface area contributed by atoms with E-state index in [2.05, 4.69) is 55.4 Å². The lowest BCUT2D eigenvalue weighted by Crippen LogP contribution is -2.48. The van der Waals surface area contributed by atoms with Crippen LogP contribution in [0.3, 0.4) is 0 Å². The lowest BCUT2D eigenvalue weighted by atomic mass is 9.75. The molecule has 2 atom stereocenters. The first-order valence-electron chi connectivity index (χ1n) is 15.0. The second-order valence-corrected chi connectivity index (χ2v) is 13.7. The number of aliphatic hydroxyl groups is 1. The molecule has 4 aliphatic rings. The summed E-state index contributed by atoms with van der Waals surface area (Å²) in [6.45, 7) is 11.2. The molecule has 216 valence electrons. The van der Waals surface area contributed by atoms with Gasteiger partial charge in [0, 0.05) is 47.8 Å². The van der Waals surface area contributed by atoms with E-state index in [1.807, 2.05) is 37.4 Å². The number of likely N-dealkylation sites (N-methyl/N-ethyl adjacent to an activating group) is 1. The molecule has 0 bridgehead atoms. The molecule has 1 saturated carbocycles. The Morgan fingerprint density at radius 3 is 2.52 bits per heavy atom. The number of nitrogens with zero attached hydrogens (tertiary/aromatic N) is 2. The second-order valence-electron chi connectivity index (χ2n) is 13.7. The van der Waals surface area contributed by atoms with Crippen LogP contribution in [0.25, 0.3) is 21.9 Å². The molecule has 2 heterocycles.